The van der Waals surface area contributed by atoms with E-state index in [-0.39, 0.29) is 5.56 Å². The van der Waals surface area contributed by atoms with E-state index in [2.05, 4.69) is 36.9 Å². The molecule has 1 aliphatic rings. The minimum Gasteiger partial charge on any atom is -0.369 e. The third kappa shape index (κ3) is 3.33. The number of nitrogens with zero attached hydrogens (tertiary/aromatic N) is 8. The fourth-order valence-electron chi connectivity index (χ4n) is 3.75. The normalized spacial score (nSPS) is 15.9. The second-order valence-corrected chi connectivity index (χ2v) is 7.49. The maximum Gasteiger partial charge on any atom is 0.258 e. The molecule has 9 nitrogen and oxygen atoms in total. The zero-order valence-corrected chi connectivity index (χ0v) is 16.5. The number of fused-ring (bicyclic) bond motifs is 2. The summed E-state index contributed by atoms with van der Waals surface area (Å²) < 4.78 is 3.21. The van der Waals surface area contributed by atoms with Crippen LogP contribution in [0.5, 0.6) is 0 Å². The Bertz CT molecular complexity index is 1260. The number of likely N-dealkylation sites (N-methyl/N-ethyl adjacent to an activating group) is 1. The van der Waals surface area contributed by atoms with Gasteiger partial charge in [-0.3, -0.25) is 9.20 Å². The zero-order chi connectivity index (χ0) is 20.0. The second-order valence-electron chi connectivity index (χ2n) is 7.49. The van der Waals surface area contributed by atoms with Crippen LogP contribution in [0.1, 0.15) is 12.2 Å². The van der Waals surface area contributed by atoms with Gasteiger partial charge in [0.15, 0.2) is 0 Å². The molecule has 0 radical (unpaired) electrons. The third-order valence-electron chi connectivity index (χ3n) is 5.32. The van der Waals surface area contributed by atoms with Gasteiger partial charge in [0, 0.05) is 49.9 Å². The van der Waals surface area contributed by atoms with Crippen molar-refractivity contribution in [1.29, 1.82) is 0 Å². The highest BCUT2D eigenvalue weighted by Crippen LogP contribution is 2.19. The Kier molecular flexibility index (Phi) is 4.24. The van der Waals surface area contributed by atoms with Gasteiger partial charge in [-0.05, 0) is 39.1 Å². The summed E-state index contributed by atoms with van der Waals surface area (Å²) in [6.45, 7) is 5.86. The molecule has 5 rings (SSSR count). The molecule has 4 aromatic heterocycles. The number of hydrogen-bond donors (Lipinski definition) is 0. The molecule has 5 heterocycles. The van der Waals surface area contributed by atoms with E-state index in [1.54, 1.807) is 27.4 Å². The molecule has 29 heavy (non-hydrogen) atoms. The van der Waals surface area contributed by atoms with Crippen LogP contribution in [-0.2, 0) is 0 Å². The number of rotatable bonds is 2. The Hall–Kier alpha value is -3.33. The molecule has 0 saturated carbocycles. The summed E-state index contributed by atoms with van der Waals surface area (Å²) in [4.78, 5) is 30.7. The second kappa shape index (κ2) is 6.93. The van der Waals surface area contributed by atoms with Crippen LogP contribution in [0, 0.1) is 6.92 Å². The average Bonchev–Trinajstić information content (AvgIpc) is 2.95. The Labute approximate surface area is 167 Å². The average molecular weight is 390 g/mol. The highest BCUT2D eigenvalue weighted by molar-refractivity contribution is 5.62. The van der Waals surface area contributed by atoms with E-state index in [4.69, 9.17) is 0 Å². The molecular weight excluding hydrogens is 368 g/mol. The van der Waals surface area contributed by atoms with Crippen molar-refractivity contribution in [3.05, 3.63) is 53.0 Å². The van der Waals surface area contributed by atoms with Crippen LogP contribution in [0.4, 0.5) is 5.69 Å². The molecular formula is C20H22N8O. The Morgan fingerprint density at radius 1 is 1.03 bits per heavy atom. The van der Waals surface area contributed by atoms with E-state index in [0.717, 1.165) is 43.9 Å². The Balaban J connectivity index is 1.53. The molecule has 0 atom stereocenters. The highest BCUT2D eigenvalue weighted by Gasteiger charge is 2.14. The lowest BCUT2D eigenvalue weighted by molar-refractivity contribution is 0.360. The quantitative estimate of drug-likeness (QED) is 0.509. The van der Waals surface area contributed by atoms with E-state index < -0.39 is 0 Å². The fraction of sp³-hybridized carbons (Fsp3) is 0.350. The summed E-state index contributed by atoms with van der Waals surface area (Å²) in [6.07, 6.45) is 6.46. The summed E-state index contributed by atoms with van der Waals surface area (Å²) in [5.41, 5.74) is 2.83. The molecule has 1 fully saturated rings. The molecule has 0 aliphatic carbocycles. The van der Waals surface area contributed by atoms with Crippen LogP contribution >= 0.6 is 0 Å². The van der Waals surface area contributed by atoms with Gasteiger partial charge in [0.25, 0.3) is 11.3 Å². The van der Waals surface area contributed by atoms with Crippen molar-refractivity contribution in [1.82, 2.24) is 33.9 Å². The molecule has 1 aliphatic heterocycles. The van der Waals surface area contributed by atoms with E-state index in [0.29, 0.717) is 22.9 Å². The number of hydrogen-bond acceptors (Lipinski definition) is 7. The van der Waals surface area contributed by atoms with Crippen molar-refractivity contribution in [2.75, 3.05) is 38.1 Å². The van der Waals surface area contributed by atoms with Gasteiger partial charge in [-0.2, -0.15) is 10.1 Å². The van der Waals surface area contributed by atoms with Gasteiger partial charge in [0.2, 0.25) is 0 Å². The van der Waals surface area contributed by atoms with E-state index in [1.165, 1.54) is 0 Å². The molecule has 0 amide bonds. The van der Waals surface area contributed by atoms with Gasteiger partial charge in [0.05, 0.1) is 11.4 Å². The summed E-state index contributed by atoms with van der Waals surface area (Å²) in [6, 6.07) is 5.49. The molecule has 0 unspecified atom stereocenters. The van der Waals surface area contributed by atoms with Crippen molar-refractivity contribution >= 4 is 17.1 Å². The molecule has 9 heteroatoms. The first-order valence-corrected chi connectivity index (χ1v) is 9.73. The largest absolute Gasteiger partial charge is 0.369 e. The predicted octanol–water partition coefficient (Wildman–Crippen LogP) is 1.25. The van der Waals surface area contributed by atoms with Gasteiger partial charge in [-0.25, -0.2) is 14.5 Å². The maximum absolute atomic E-state index is 12.8. The van der Waals surface area contributed by atoms with E-state index in [1.807, 2.05) is 25.3 Å². The first-order valence-electron chi connectivity index (χ1n) is 9.73. The van der Waals surface area contributed by atoms with Crippen molar-refractivity contribution in [2.45, 2.75) is 13.3 Å². The monoisotopic (exact) mass is 390 g/mol. The van der Waals surface area contributed by atoms with E-state index in [9.17, 15) is 4.79 Å². The lowest BCUT2D eigenvalue weighted by Crippen LogP contribution is -2.29. The van der Waals surface area contributed by atoms with Crippen LogP contribution in [0.2, 0.25) is 0 Å². The summed E-state index contributed by atoms with van der Waals surface area (Å²) in [5, 5.41) is 4.28. The van der Waals surface area contributed by atoms with Crippen LogP contribution in [0.15, 0.2) is 41.6 Å². The summed E-state index contributed by atoms with van der Waals surface area (Å²) in [5.74, 6) is 1.17. The van der Waals surface area contributed by atoms with Crippen molar-refractivity contribution in [2.24, 2.45) is 0 Å². The first kappa shape index (κ1) is 17.7. The highest BCUT2D eigenvalue weighted by atomic mass is 16.1. The molecule has 0 aromatic carbocycles. The first-order chi connectivity index (χ1) is 14.1. The summed E-state index contributed by atoms with van der Waals surface area (Å²) >= 11 is 0. The number of pyridine rings is 1. The molecule has 0 N–H and O–H groups in total. The van der Waals surface area contributed by atoms with Gasteiger partial charge >= 0.3 is 0 Å². The van der Waals surface area contributed by atoms with Gasteiger partial charge in [-0.15, -0.1) is 0 Å². The SMILES string of the molecule is Cc1nc2ncc(-c3cc(=O)n4cc(N5CCCN(C)CC5)ccc4n3)cn2n1. The van der Waals surface area contributed by atoms with Crippen LogP contribution in [0.25, 0.3) is 22.7 Å². The Morgan fingerprint density at radius 3 is 2.83 bits per heavy atom. The van der Waals surface area contributed by atoms with Gasteiger partial charge in [-0.1, -0.05) is 0 Å². The van der Waals surface area contributed by atoms with E-state index >= 15 is 0 Å². The number of aryl methyl sites for hydroxylation is 1. The van der Waals surface area contributed by atoms with Crippen LogP contribution in [-0.4, -0.2) is 67.1 Å². The van der Waals surface area contributed by atoms with Crippen molar-refractivity contribution < 1.29 is 0 Å². The molecule has 1 saturated heterocycles. The fourth-order valence-corrected chi connectivity index (χ4v) is 3.75. The molecule has 148 valence electrons. The minimum atomic E-state index is -0.117. The molecule has 4 aromatic rings. The van der Waals surface area contributed by atoms with Crippen LogP contribution in [0.3, 0.4) is 0 Å². The smallest absolute Gasteiger partial charge is 0.258 e. The minimum absolute atomic E-state index is 0.117. The van der Waals surface area contributed by atoms with Crippen molar-refractivity contribution in [3.8, 4) is 11.3 Å². The van der Waals surface area contributed by atoms with Crippen molar-refractivity contribution in [3.63, 3.8) is 0 Å². The van der Waals surface area contributed by atoms with Gasteiger partial charge in [0.1, 0.15) is 11.5 Å². The molecule has 0 spiro atoms. The van der Waals surface area contributed by atoms with Crippen LogP contribution < -0.4 is 10.5 Å². The zero-order valence-electron chi connectivity index (χ0n) is 16.5. The lowest BCUT2D eigenvalue weighted by atomic mass is 10.2. The Morgan fingerprint density at radius 2 is 1.93 bits per heavy atom. The standard InChI is InChI=1S/C20H22N8O/c1-14-22-20-21-11-15(12-28(20)24-14)17-10-19(29)27-13-16(4-5-18(27)23-17)26-7-3-6-25(2)8-9-26/h4-5,10-13H,3,6-9H2,1-2H3. The summed E-state index contributed by atoms with van der Waals surface area (Å²) in [7, 11) is 2.15. The molecule has 0 bridgehead atoms. The number of anilines is 1. The third-order valence-corrected chi connectivity index (χ3v) is 5.32. The predicted molar refractivity (Wildman–Crippen MR) is 110 cm³/mol. The topological polar surface area (TPSA) is 83.9 Å². The van der Waals surface area contributed by atoms with Gasteiger partial charge < -0.3 is 9.80 Å². The number of aromatic nitrogens is 6. The maximum atomic E-state index is 12.8. The lowest BCUT2D eigenvalue weighted by Gasteiger charge is -2.23.